The van der Waals surface area contributed by atoms with Crippen molar-refractivity contribution in [1.29, 1.82) is 0 Å². The number of Topliss-reactive ketones (excluding diaryl/α,β-unsaturated/α-hetero) is 1. The first kappa shape index (κ1) is 13.9. The molecule has 3 atom stereocenters. The molecule has 0 aromatic heterocycles. The molecule has 4 nitrogen and oxygen atoms in total. The zero-order valence-electron chi connectivity index (χ0n) is 12.3. The highest BCUT2D eigenvalue weighted by Gasteiger charge is 2.41. The summed E-state index contributed by atoms with van der Waals surface area (Å²) in [7, 11) is 0. The number of esters is 1. The van der Waals surface area contributed by atoms with E-state index in [1.807, 2.05) is 19.1 Å². The van der Waals surface area contributed by atoms with E-state index in [1.165, 1.54) is 0 Å². The highest BCUT2D eigenvalue weighted by atomic mass is 16.5. The first-order valence-electron chi connectivity index (χ1n) is 7.36. The van der Waals surface area contributed by atoms with Gasteiger partial charge in [0.2, 0.25) is 0 Å². The standard InChI is InChI=1S/C17H19NO3/c1-3-21-17(20)16-13-6-4-5-12(13)14-9-11(10(2)19)7-8-15(14)18-16/h4-5,7-9,12-13,16,18H,3,6H2,1-2H3/t12-,13+,16-/m1/s1. The van der Waals surface area contributed by atoms with Gasteiger partial charge in [0.25, 0.3) is 0 Å². The highest BCUT2D eigenvalue weighted by Crippen LogP contribution is 2.45. The van der Waals surface area contributed by atoms with Crippen molar-refractivity contribution in [1.82, 2.24) is 0 Å². The maximum atomic E-state index is 12.2. The van der Waals surface area contributed by atoms with Crippen molar-refractivity contribution in [2.45, 2.75) is 32.2 Å². The molecule has 1 aromatic rings. The molecule has 1 aromatic carbocycles. The molecule has 21 heavy (non-hydrogen) atoms. The Balaban J connectivity index is 1.98. The summed E-state index contributed by atoms with van der Waals surface area (Å²) in [6, 6.07) is 5.32. The number of carbonyl (C=O) groups excluding carboxylic acids is 2. The lowest BCUT2D eigenvalue weighted by molar-refractivity contribution is -0.145. The topological polar surface area (TPSA) is 55.4 Å². The van der Waals surface area contributed by atoms with Gasteiger partial charge in [-0.15, -0.1) is 0 Å². The van der Waals surface area contributed by atoms with Crippen LogP contribution in [0.3, 0.4) is 0 Å². The summed E-state index contributed by atoms with van der Waals surface area (Å²) >= 11 is 0. The Kier molecular flexibility index (Phi) is 3.53. The van der Waals surface area contributed by atoms with Gasteiger partial charge in [-0.05, 0) is 44.0 Å². The summed E-state index contributed by atoms with van der Waals surface area (Å²) in [4.78, 5) is 23.7. The molecule has 0 saturated carbocycles. The SMILES string of the molecule is CCOC(=O)[C@@H]1Nc2ccc(C(C)=O)cc2[C@@H]2C=CC[C@H]12. The van der Waals surface area contributed by atoms with Crippen LogP contribution in [0.2, 0.25) is 0 Å². The van der Waals surface area contributed by atoms with Gasteiger partial charge in [0, 0.05) is 23.1 Å². The average molecular weight is 285 g/mol. The summed E-state index contributed by atoms with van der Waals surface area (Å²) in [5.74, 6) is 0.204. The maximum Gasteiger partial charge on any atom is 0.328 e. The number of nitrogens with one attached hydrogen (secondary N) is 1. The van der Waals surface area contributed by atoms with Crippen LogP contribution in [0.4, 0.5) is 5.69 Å². The van der Waals surface area contributed by atoms with E-state index in [-0.39, 0.29) is 29.6 Å². The van der Waals surface area contributed by atoms with Crippen molar-refractivity contribution >= 4 is 17.4 Å². The summed E-state index contributed by atoms with van der Waals surface area (Å²) in [6.07, 6.45) is 5.10. The summed E-state index contributed by atoms with van der Waals surface area (Å²) in [6.45, 7) is 3.78. The normalized spacial score (nSPS) is 25.7. The van der Waals surface area contributed by atoms with Crippen LogP contribution in [0.5, 0.6) is 0 Å². The van der Waals surface area contributed by atoms with Gasteiger partial charge < -0.3 is 10.1 Å². The fourth-order valence-corrected chi connectivity index (χ4v) is 3.28. The minimum Gasteiger partial charge on any atom is -0.464 e. The van der Waals surface area contributed by atoms with Gasteiger partial charge in [-0.2, -0.15) is 0 Å². The van der Waals surface area contributed by atoms with Gasteiger partial charge >= 0.3 is 5.97 Å². The molecule has 0 radical (unpaired) electrons. The van der Waals surface area contributed by atoms with Crippen molar-refractivity contribution in [2.24, 2.45) is 5.92 Å². The minimum absolute atomic E-state index is 0.0591. The van der Waals surface area contributed by atoms with Crippen LogP contribution in [0, 0.1) is 5.92 Å². The molecule has 0 spiro atoms. The number of rotatable bonds is 3. The minimum atomic E-state index is -0.319. The Morgan fingerprint density at radius 3 is 2.90 bits per heavy atom. The molecule has 0 amide bonds. The van der Waals surface area contributed by atoms with Crippen molar-refractivity contribution in [3.63, 3.8) is 0 Å². The predicted octanol–water partition coefficient (Wildman–Crippen LogP) is 2.91. The zero-order chi connectivity index (χ0) is 15.0. The molecule has 1 N–H and O–H groups in total. The molecule has 1 aliphatic heterocycles. The van der Waals surface area contributed by atoms with Gasteiger partial charge in [-0.25, -0.2) is 4.79 Å². The van der Waals surface area contributed by atoms with E-state index < -0.39 is 0 Å². The largest absolute Gasteiger partial charge is 0.464 e. The Morgan fingerprint density at radius 1 is 1.38 bits per heavy atom. The molecule has 1 heterocycles. The van der Waals surface area contributed by atoms with Crippen LogP contribution in [0.1, 0.15) is 42.1 Å². The lowest BCUT2D eigenvalue weighted by Gasteiger charge is -2.35. The van der Waals surface area contributed by atoms with Gasteiger partial charge in [0.05, 0.1) is 6.61 Å². The second-order valence-corrected chi connectivity index (χ2v) is 5.59. The molecule has 0 fully saturated rings. The second kappa shape index (κ2) is 5.35. The van der Waals surface area contributed by atoms with Crippen LogP contribution in [0.25, 0.3) is 0 Å². The zero-order valence-corrected chi connectivity index (χ0v) is 12.3. The third-order valence-electron chi connectivity index (χ3n) is 4.31. The molecule has 0 bridgehead atoms. The van der Waals surface area contributed by atoms with Crippen LogP contribution >= 0.6 is 0 Å². The Labute approximate surface area is 124 Å². The Hall–Kier alpha value is -2.10. The van der Waals surface area contributed by atoms with E-state index in [0.717, 1.165) is 17.7 Å². The van der Waals surface area contributed by atoms with Crippen LogP contribution in [-0.4, -0.2) is 24.4 Å². The van der Waals surface area contributed by atoms with Crippen molar-refractivity contribution in [2.75, 3.05) is 11.9 Å². The van der Waals surface area contributed by atoms with Gasteiger partial charge in [0.1, 0.15) is 6.04 Å². The van der Waals surface area contributed by atoms with E-state index in [2.05, 4.69) is 17.5 Å². The third kappa shape index (κ3) is 2.35. The molecule has 0 saturated heterocycles. The van der Waals surface area contributed by atoms with Crippen LogP contribution < -0.4 is 5.32 Å². The quantitative estimate of drug-likeness (QED) is 0.527. The van der Waals surface area contributed by atoms with E-state index in [9.17, 15) is 9.59 Å². The van der Waals surface area contributed by atoms with Crippen molar-refractivity contribution < 1.29 is 14.3 Å². The van der Waals surface area contributed by atoms with Crippen molar-refractivity contribution in [3.8, 4) is 0 Å². The number of allylic oxidation sites excluding steroid dienone is 2. The number of benzene rings is 1. The summed E-state index contributed by atoms with van der Waals surface area (Å²) in [5, 5.41) is 3.29. The average Bonchev–Trinajstić information content (AvgIpc) is 2.95. The second-order valence-electron chi connectivity index (χ2n) is 5.59. The van der Waals surface area contributed by atoms with Crippen molar-refractivity contribution in [3.05, 3.63) is 41.5 Å². The van der Waals surface area contributed by atoms with E-state index in [1.54, 1.807) is 13.0 Å². The molecule has 0 unspecified atom stereocenters. The lowest BCUT2D eigenvalue weighted by atomic mass is 9.78. The highest BCUT2D eigenvalue weighted by molar-refractivity contribution is 5.95. The molecule has 1 aliphatic carbocycles. The number of carbonyl (C=O) groups is 2. The molecule has 3 rings (SSSR count). The molecular weight excluding hydrogens is 266 g/mol. The molecule has 110 valence electrons. The molecular formula is C17H19NO3. The number of hydrogen-bond acceptors (Lipinski definition) is 4. The predicted molar refractivity (Wildman–Crippen MR) is 80.5 cm³/mol. The first-order chi connectivity index (χ1) is 10.1. The monoisotopic (exact) mass is 285 g/mol. The smallest absolute Gasteiger partial charge is 0.328 e. The number of ether oxygens (including phenoxy) is 1. The van der Waals surface area contributed by atoms with Crippen LogP contribution in [0.15, 0.2) is 30.4 Å². The fraction of sp³-hybridized carbons (Fsp3) is 0.412. The Morgan fingerprint density at radius 2 is 2.19 bits per heavy atom. The number of hydrogen-bond donors (Lipinski definition) is 1. The summed E-state index contributed by atoms with van der Waals surface area (Å²) in [5.41, 5.74) is 2.73. The number of fused-ring (bicyclic) bond motifs is 3. The molecule has 2 aliphatic rings. The van der Waals surface area contributed by atoms with Gasteiger partial charge in [-0.1, -0.05) is 12.2 Å². The van der Waals surface area contributed by atoms with Crippen LogP contribution in [-0.2, 0) is 9.53 Å². The molecule has 4 heteroatoms. The number of anilines is 1. The fourth-order valence-electron chi connectivity index (χ4n) is 3.28. The van der Waals surface area contributed by atoms with Gasteiger partial charge in [0.15, 0.2) is 5.78 Å². The van der Waals surface area contributed by atoms with E-state index in [0.29, 0.717) is 12.2 Å². The van der Waals surface area contributed by atoms with E-state index >= 15 is 0 Å². The number of ketones is 1. The lowest BCUT2D eigenvalue weighted by Crippen LogP contribution is -2.43. The Bertz CT molecular complexity index is 620. The van der Waals surface area contributed by atoms with E-state index in [4.69, 9.17) is 4.74 Å². The summed E-state index contributed by atoms with van der Waals surface area (Å²) < 4.78 is 5.18. The third-order valence-corrected chi connectivity index (χ3v) is 4.31. The first-order valence-corrected chi connectivity index (χ1v) is 7.36. The maximum absolute atomic E-state index is 12.2. The van der Waals surface area contributed by atoms with Gasteiger partial charge in [-0.3, -0.25) is 4.79 Å².